The molecule has 5 nitrogen and oxygen atoms in total. The zero-order valence-electron chi connectivity index (χ0n) is 11.9. The number of benzene rings is 1. The monoisotopic (exact) mass is 265 g/mol. The van der Waals surface area contributed by atoms with E-state index in [9.17, 15) is 4.79 Å². The molecule has 1 aromatic rings. The number of hydrogen-bond acceptors (Lipinski definition) is 4. The molecule has 5 heteroatoms. The molecule has 1 amide bonds. The van der Waals surface area contributed by atoms with Gasteiger partial charge in [-0.1, -0.05) is 0 Å². The quantitative estimate of drug-likeness (QED) is 0.577. The highest BCUT2D eigenvalue weighted by atomic mass is 16.5. The molecule has 0 bridgehead atoms. The molecular weight excluding hydrogens is 242 g/mol. The maximum Gasteiger partial charge on any atom is 0.251 e. The molecule has 0 unspecified atom stereocenters. The topological polar surface area (TPSA) is 67.6 Å². The van der Waals surface area contributed by atoms with E-state index in [1.165, 1.54) is 7.11 Å². The van der Waals surface area contributed by atoms with E-state index >= 15 is 0 Å². The number of rotatable bonds is 7. The van der Waals surface area contributed by atoms with E-state index in [2.05, 4.69) is 10.2 Å². The van der Waals surface area contributed by atoms with Crippen molar-refractivity contribution in [2.24, 2.45) is 0 Å². The lowest BCUT2D eigenvalue weighted by atomic mass is 10.1. The van der Waals surface area contributed by atoms with E-state index in [0.717, 1.165) is 19.4 Å². The van der Waals surface area contributed by atoms with Crippen LogP contribution in [0.15, 0.2) is 18.2 Å². The van der Waals surface area contributed by atoms with Crippen molar-refractivity contribution < 1.29 is 9.53 Å². The summed E-state index contributed by atoms with van der Waals surface area (Å²) in [6.07, 6.45) is 2.04. The number of nitrogens with zero attached hydrogens (tertiary/aromatic N) is 1. The van der Waals surface area contributed by atoms with Crippen molar-refractivity contribution in [3.8, 4) is 5.75 Å². The smallest absolute Gasteiger partial charge is 0.251 e. The van der Waals surface area contributed by atoms with Crippen LogP contribution >= 0.6 is 0 Å². The molecule has 19 heavy (non-hydrogen) atoms. The van der Waals surface area contributed by atoms with Gasteiger partial charge in [0.05, 0.1) is 12.8 Å². The number of nitrogen functional groups attached to an aromatic ring is 1. The van der Waals surface area contributed by atoms with Gasteiger partial charge in [0.15, 0.2) is 0 Å². The number of amides is 1. The number of ether oxygens (including phenoxy) is 1. The summed E-state index contributed by atoms with van der Waals surface area (Å²) in [7, 11) is 5.62. The van der Waals surface area contributed by atoms with Crippen LogP contribution in [-0.2, 0) is 0 Å². The standard InChI is InChI=1S/C14H23N3O2/c1-17(2)9-5-4-8-16-14(18)11-6-7-12(15)13(10-11)19-3/h6-7,10H,4-5,8-9,15H2,1-3H3,(H,16,18). The highest BCUT2D eigenvalue weighted by Crippen LogP contribution is 2.21. The molecule has 0 atom stereocenters. The average molecular weight is 265 g/mol. The van der Waals surface area contributed by atoms with Gasteiger partial charge in [-0.25, -0.2) is 0 Å². The Hall–Kier alpha value is -1.75. The predicted molar refractivity (Wildman–Crippen MR) is 77.5 cm³/mol. The lowest BCUT2D eigenvalue weighted by Crippen LogP contribution is -2.25. The van der Waals surface area contributed by atoms with Gasteiger partial charge >= 0.3 is 0 Å². The van der Waals surface area contributed by atoms with Crippen LogP contribution in [0, 0.1) is 0 Å². The van der Waals surface area contributed by atoms with Gasteiger partial charge < -0.3 is 20.7 Å². The minimum absolute atomic E-state index is 0.0943. The molecular formula is C14H23N3O2. The average Bonchev–Trinajstić information content (AvgIpc) is 2.38. The van der Waals surface area contributed by atoms with Crippen molar-refractivity contribution in [1.29, 1.82) is 0 Å². The van der Waals surface area contributed by atoms with Crippen molar-refractivity contribution in [3.63, 3.8) is 0 Å². The Morgan fingerprint density at radius 2 is 2.11 bits per heavy atom. The lowest BCUT2D eigenvalue weighted by molar-refractivity contribution is 0.0952. The van der Waals surface area contributed by atoms with Gasteiger partial charge in [-0.05, 0) is 51.7 Å². The Labute approximate surface area is 114 Å². The first-order valence-electron chi connectivity index (χ1n) is 6.41. The minimum Gasteiger partial charge on any atom is -0.495 e. The normalized spacial score (nSPS) is 10.5. The largest absolute Gasteiger partial charge is 0.495 e. The summed E-state index contributed by atoms with van der Waals surface area (Å²) < 4.78 is 5.09. The van der Waals surface area contributed by atoms with E-state index in [-0.39, 0.29) is 5.91 Å². The van der Waals surface area contributed by atoms with Gasteiger partial charge in [-0.2, -0.15) is 0 Å². The minimum atomic E-state index is -0.0943. The Balaban J connectivity index is 2.41. The molecule has 1 aromatic carbocycles. The molecule has 0 heterocycles. The van der Waals surface area contributed by atoms with Crippen molar-refractivity contribution in [2.75, 3.05) is 40.0 Å². The number of nitrogens with two attached hydrogens (primary N) is 1. The van der Waals surface area contributed by atoms with Crippen LogP contribution in [0.25, 0.3) is 0 Å². The third-order valence-electron chi connectivity index (χ3n) is 2.81. The second-order valence-corrected chi connectivity index (χ2v) is 4.72. The molecule has 3 N–H and O–H groups in total. The second kappa shape index (κ2) is 7.63. The van der Waals surface area contributed by atoms with Crippen LogP contribution in [0.2, 0.25) is 0 Å². The SMILES string of the molecule is COc1cc(C(=O)NCCCCN(C)C)ccc1N. The first kappa shape index (κ1) is 15.3. The van der Waals surface area contributed by atoms with Crippen molar-refractivity contribution in [1.82, 2.24) is 10.2 Å². The Morgan fingerprint density at radius 1 is 1.37 bits per heavy atom. The second-order valence-electron chi connectivity index (χ2n) is 4.72. The molecule has 1 rings (SSSR count). The van der Waals surface area contributed by atoms with Crippen LogP contribution in [0.4, 0.5) is 5.69 Å². The predicted octanol–water partition coefficient (Wildman–Crippen LogP) is 1.35. The van der Waals surface area contributed by atoms with Gasteiger partial charge in [0.25, 0.3) is 5.91 Å². The highest BCUT2D eigenvalue weighted by molar-refractivity contribution is 5.95. The van der Waals surface area contributed by atoms with Crippen LogP contribution < -0.4 is 15.8 Å². The van der Waals surface area contributed by atoms with Crippen molar-refractivity contribution in [2.45, 2.75) is 12.8 Å². The number of carbonyl (C=O) groups is 1. The summed E-state index contributed by atoms with van der Waals surface area (Å²) in [4.78, 5) is 14.0. The van der Waals surface area contributed by atoms with E-state index < -0.39 is 0 Å². The molecule has 0 radical (unpaired) electrons. The summed E-state index contributed by atoms with van der Waals surface area (Å²) in [5, 5.41) is 2.89. The van der Waals surface area contributed by atoms with E-state index in [1.54, 1.807) is 18.2 Å². The van der Waals surface area contributed by atoms with E-state index in [1.807, 2.05) is 14.1 Å². The van der Waals surface area contributed by atoms with Gasteiger partial charge in [0, 0.05) is 12.1 Å². The molecule has 0 aliphatic rings. The third-order valence-corrected chi connectivity index (χ3v) is 2.81. The maximum absolute atomic E-state index is 11.9. The van der Waals surface area contributed by atoms with Gasteiger partial charge in [-0.15, -0.1) is 0 Å². The van der Waals surface area contributed by atoms with Crippen molar-refractivity contribution in [3.05, 3.63) is 23.8 Å². The van der Waals surface area contributed by atoms with Crippen molar-refractivity contribution >= 4 is 11.6 Å². The van der Waals surface area contributed by atoms with Gasteiger partial charge in [0.2, 0.25) is 0 Å². The Kier molecular flexibility index (Phi) is 6.15. The molecule has 0 aliphatic heterocycles. The fourth-order valence-corrected chi connectivity index (χ4v) is 1.71. The highest BCUT2D eigenvalue weighted by Gasteiger charge is 2.08. The number of anilines is 1. The molecule has 0 spiro atoms. The molecule has 0 aromatic heterocycles. The first-order chi connectivity index (χ1) is 9.04. The van der Waals surface area contributed by atoms with E-state index in [4.69, 9.17) is 10.5 Å². The van der Waals surface area contributed by atoms with Gasteiger partial charge in [0.1, 0.15) is 5.75 Å². The number of methoxy groups -OCH3 is 1. The summed E-state index contributed by atoms with van der Waals surface area (Å²) in [6.45, 7) is 1.71. The summed E-state index contributed by atoms with van der Waals surface area (Å²) in [5.74, 6) is 0.434. The lowest BCUT2D eigenvalue weighted by Gasteiger charge is -2.10. The van der Waals surface area contributed by atoms with E-state index in [0.29, 0.717) is 23.5 Å². The zero-order valence-corrected chi connectivity index (χ0v) is 11.9. The first-order valence-corrected chi connectivity index (χ1v) is 6.41. The number of hydrogen-bond donors (Lipinski definition) is 2. The maximum atomic E-state index is 11.9. The summed E-state index contributed by atoms with van der Waals surface area (Å²) in [5.41, 5.74) is 6.81. The number of carbonyl (C=O) groups excluding carboxylic acids is 1. The zero-order chi connectivity index (χ0) is 14.3. The molecule has 0 saturated carbocycles. The third kappa shape index (κ3) is 5.18. The number of nitrogens with one attached hydrogen (secondary N) is 1. The Bertz CT molecular complexity index is 419. The van der Waals surface area contributed by atoms with Crippen LogP contribution in [-0.4, -0.2) is 45.1 Å². The van der Waals surface area contributed by atoms with Crippen LogP contribution in [0.1, 0.15) is 23.2 Å². The Morgan fingerprint density at radius 3 is 2.74 bits per heavy atom. The molecule has 106 valence electrons. The molecule has 0 fully saturated rings. The van der Waals surface area contributed by atoms with Crippen LogP contribution in [0.3, 0.4) is 0 Å². The fraction of sp³-hybridized carbons (Fsp3) is 0.500. The summed E-state index contributed by atoms with van der Waals surface area (Å²) in [6, 6.07) is 5.04. The molecule has 0 aliphatic carbocycles. The fourth-order valence-electron chi connectivity index (χ4n) is 1.71. The summed E-state index contributed by atoms with van der Waals surface area (Å²) >= 11 is 0. The number of unbranched alkanes of at least 4 members (excludes halogenated alkanes) is 1. The molecule has 0 saturated heterocycles. The van der Waals surface area contributed by atoms with Crippen LogP contribution in [0.5, 0.6) is 5.75 Å². The van der Waals surface area contributed by atoms with Gasteiger partial charge in [-0.3, -0.25) is 4.79 Å².